The summed E-state index contributed by atoms with van der Waals surface area (Å²) in [5.74, 6) is 3.24. The second-order valence-electron chi connectivity index (χ2n) is 7.60. The second kappa shape index (κ2) is 9.59. The largest absolute Gasteiger partial charge is 0.324 e. The number of benzene rings is 2. The first-order valence-electron chi connectivity index (χ1n) is 9.68. The number of nitrogens with zero attached hydrogens (tertiary/aromatic N) is 3. The van der Waals surface area contributed by atoms with E-state index < -0.39 is 17.5 Å². The van der Waals surface area contributed by atoms with Gasteiger partial charge in [0.25, 0.3) is 5.91 Å². The Morgan fingerprint density at radius 1 is 1.23 bits per heavy atom. The van der Waals surface area contributed by atoms with Gasteiger partial charge in [-0.25, -0.2) is 19.4 Å². The molecule has 1 aliphatic heterocycles. The van der Waals surface area contributed by atoms with E-state index in [1.54, 1.807) is 4.90 Å². The van der Waals surface area contributed by atoms with E-state index in [0.29, 0.717) is 13.1 Å². The van der Waals surface area contributed by atoms with E-state index in [0.717, 1.165) is 18.6 Å². The number of urea groups is 1. The Kier molecular flexibility index (Phi) is 7.09. The highest BCUT2D eigenvalue weighted by molar-refractivity contribution is 6.33. The molecular formula is C21H24ClF2N5O2. The number of amides is 3. The maximum absolute atomic E-state index is 14.7. The number of halogens is 3. The SMILES string of the molecule is CN(C)[C@@H]1CCN(C(=O)N(Cc2ccc(C(=O)NN)cc2F)c2ccc(F)cc2Cl)C1. The van der Waals surface area contributed by atoms with Crippen LogP contribution in [0.3, 0.4) is 0 Å². The Labute approximate surface area is 184 Å². The van der Waals surface area contributed by atoms with Crippen molar-refractivity contribution >= 4 is 29.2 Å². The van der Waals surface area contributed by atoms with E-state index in [2.05, 4.69) is 0 Å². The van der Waals surface area contributed by atoms with Crippen LogP contribution in [0.4, 0.5) is 19.3 Å². The third-order valence-electron chi connectivity index (χ3n) is 5.37. The van der Waals surface area contributed by atoms with E-state index in [1.807, 2.05) is 24.4 Å². The van der Waals surface area contributed by atoms with Crippen molar-refractivity contribution in [2.45, 2.75) is 19.0 Å². The lowest BCUT2D eigenvalue weighted by Gasteiger charge is -2.29. The first-order chi connectivity index (χ1) is 14.7. The van der Waals surface area contributed by atoms with Crippen molar-refractivity contribution in [3.05, 3.63) is 64.2 Å². The summed E-state index contributed by atoms with van der Waals surface area (Å²) in [6.45, 7) is 0.901. The standard InChI is InChI=1S/C21H24ClF2N5O2/c1-27(2)16-7-8-28(12-16)21(31)29(19-6-5-15(23)10-17(19)22)11-14-4-3-13(9-18(14)24)20(30)26-25/h3-6,9-10,16H,7-8,11-12,25H2,1-2H3,(H,26,30)/t16-/m1/s1. The van der Waals surface area contributed by atoms with Crippen molar-refractivity contribution in [3.8, 4) is 0 Å². The van der Waals surface area contributed by atoms with Gasteiger partial charge in [0, 0.05) is 30.3 Å². The molecule has 10 heteroatoms. The molecule has 2 aromatic carbocycles. The minimum absolute atomic E-state index is 0.0382. The van der Waals surface area contributed by atoms with Crippen LogP contribution < -0.4 is 16.2 Å². The summed E-state index contributed by atoms with van der Waals surface area (Å²) in [6.07, 6.45) is 0.807. The number of likely N-dealkylation sites (tertiary alicyclic amines) is 1. The summed E-state index contributed by atoms with van der Waals surface area (Å²) in [4.78, 5) is 30.0. The molecule has 0 aliphatic carbocycles. The second-order valence-corrected chi connectivity index (χ2v) is 8.00. The minimum Gasteiger partial charge on any atom is -0.323 e. The molecule has 3 rings (SSSR count). The first kappa shape index (κ1) is 22.9. The Balaban J connectivity index is 1.93. The van der Waals surface area contributed by atoms with Crippen LogP contribution in [0.15, 0.2) is 36.4 Å². The average molecular weight is 452 g/mol. The van der Waals surface area contributed by atoms with Crippen LogP contribution in [0.2, 0.25) is 5.02 Å². The van der Waals surface area contributed by atoms with Gasteiger partial charge in [0.15, 0.2) is 0 Å². The third kappa shape index (κ3) is 5.12. The van der Waals surface area contributed by atoms with E-state index in [4.69, 9.17) is 17.4 Å². The van der Waals surface area contributed by atoms with Crippen LogP contribution in [-0.4, -0.2) is 55.0 Å². The van der Waals surface area contributed by atoms with Gasteiger partial charge in [-0.05, 0) is 50.8 Å². The highest BCUT2D eigenvalue weighted by Crippen LogP contribution is 2.30. The van der Waals surface area contributed by atoms with Crippen LogP contribution in [0.5, 0.6) is 0 Å². The molecule has 7 nitrogen and oxygen atoms in total. The predicted molar refractivity (Wildman–Crippen MR) is 115 cm³/mol. The van der Waals surface area contributed by atoms with Gasteiger partial charge in [-0.2, -0.15) is 0 Å². The zero-order valence-corrected chi connectivity index (χ0v) is 18.0. The maximum Gasteiger partial charge on any atom is 0.324 e. The van der Waals surface area contributed by atoms with E-state index in [1.165, 1.54) is 29.2 Å². The smallest absolute Gasteiger partial charge is 0.323 e. The zero-order chi connectivity index (χ0) is 22.7. The summed E-state index contributed by atoms with van der Waals surface area (Å²) in [6, 6.07) is 7.40. The molecule has 0 unspecified atom stereocenters. The van der Waals surface area contributed by atoms with Gasteiger partial charge >= 0.3 is 6.03 Å². The molecule has 0 bridgehead atoms. The number of carbonyl (C=O) groups is 2. The quantitative estimate of drug-likeness (QED) is 0.416. The maximum atomic E-state index is 14.7. The fraction of sp³-hybridized carbons (Fsp3) is 0.333. The monoisotopic (exact) mass is 451 g/mol. The highest BCUT2D eigenvalue weighted by atomic mass is 35.5. The van der Waals surface area contributed by atoms with Crippen LogP contribution in [-0.2, 0) is 6.54 Å². The molecule has 3 N–H and O–H groups in total. The van der Waals surface area contributed by atoms with Gasteiger partial charge in [0.1, 0.15) is 11.6 Å². The van der Waals surface area contributed by atoms with Gasteiger partial charge in [0.05, 0.1) is 17.3 Å². The molecule has 3 amide bonds. The fourth-order valence-corrected chi connectivity index (χ4v) is 3.80. The zero-order valence-electron chi connectivity index (χ0n) is 17.2. The molecule has 1 aliphatic rings. The van der Waals surface area contributed by atoms with Gasteiger partial charge in [-0.15, -0.1) is 0 Å². The number of nitrogens with two attached hydrogens (primary N) is 1. The first-order valence-corrected chi connectivity index (χ1v) is 10.1. The van der Waals surface area contributed by atoms with Crippen LogP contribution in [0.1, 0.15) is 22.3 Å². The van der Waals surface area contributed by atoms with Crippen molar-refractivity contribution in [2.24, 2.45) is 5.84 Å². The number of carbonyl (C=O) groups excluding carboxylic acids is 2. The Morgan fingerprint density at radius 2 is 1.97 bits per heavy atom. The van der Waals surface area contributed by atoms with E-state index in [9.17, 15) is 18.4 Å². The van der Waals surface area contributed by atoms with Crippen LogP contribution >= 0.6 is 11.6 Å². The number of anilines is 1. The molecule has 1 atom stereocenters. The molecule has 0 radical (unpaired) electrons. The Hall–Kier alpha value is -2.75. The molecule has 1 saturated heterocycles. The number of rotatable bonds is 5. The molecule has 31 heavy (non-hydrogen) atoms. The topological polar surface area (TPSA) is 81.9 Å². The molecule has 166 valence electrons. The van der Waals surface area contributed by atoms with Crippen molar-refractivity contribution in [1.29, 1.82) is 0 Å². The van der Waals surface area contributed by atoms with Crippen LogP contribution in [0, 0.1) is 11.6 Å². The molecule has 0 spiro atoms. The molecule has 2 aromatic rings. The summed E-state index contributed by atoms with van der Waals surface area (Å²) in [7, 11) is 3.89. The number of hydrogen-bond donors (Lipinski definition) is 2. The lowest BCUT2D eigenvalue weighted by molar-refractivity contribution is 0.0953. The normalized spacial score (nSPS) is 16.0. The third-order valence-corrected chi connectivity index (χ3v) is 5.67. The lowest BCUT2D eigenvalue weighted by Crippen LogP contribution is -2.43. The molecule has 1 fully saturated rings. The Morgan fingerprint density at radius 3 is 2.55 bits per heavy atom. The van der Waals surface area contributed by atoms with Gasteiger partial charge in [-0.3, -0.25) is 15.1 Å². The summed E-state index contributed by atoms with van der Waals surface area (Å²) in [5, 5.41) is 0.0382. The minimum atomic E-state index is -0.676. The number of likely N-dealkylation sites (N-methyl/N-ethyl adjacent to an activating group) is 1. The number of nitrogens with one attached hydrogen (secondary N) is 1. The van der Waals surface area contributed by atoms with Gasteiger partial charge in [-0.1, -0.05) is 17.7 Å². The summed E-state index contributed by atoms with van der Waals surface area (Å²) >= 11 is 6.22. The highest BCUT2D eigenvalue weighted by Gasteiger charge is 2.32. The van der Waals surface area contributed by atoms with Crippen molar-refractivity contribution in [1.82, 2.24) is 15.2 Å². The molecule has 0 saturated carbocycles. The average Bonchev–Trinajstić information content (AvgIpc) is 3.23. The van der Waals surface area contributed by atoms with Gasteiger partial charge in [0.2, 0.25) is 0 Å². The summed E-state index contributed by atoms with van der Waals surface area (Å²) in [5.41, 5.74) is 2.43. The van der Waals surface area contributed by atoms with E-state index >= 15 is 0 Å². The molecule has 0 aromatic heterocycles. The molecular weight excluding hydrogens is 428 g/mol. The van der Waals surface area contributed by atoms with E-state index in [-0.39, 0.29) is 40.5 Å². The van der Waals surface area contributed by atoms with Crippen LogP contribution in [0.25, 0.3) is 0 Å². The molecule has 1 heterocycles. The van der Waals surface area contributed by atoms with Gasteiger partial charge < -0.3 is 9.80 Å². The number of hydrogen-bond acceptors (Lipinski definition) is 4. The predicted octanol–water partition coefficient (Wildman–Crippen LogP) is 2.98. The lowest BCUT2D eigenvalue weighted by atomic mass is 10.1. The van der Waals surface area contributed by atoms with Crippen molar-refractivity contribution < 1.29 is 18.4 Å². The Bertz CT molecular complexity index is 988. The van der Waals surface area contributed by atoms with Crippen molar-refractivity contribution in [2.75, 3.05) is 32.1 Å². The van der Waals surface area contributed by atoms with Crippen molar-refractivity contribution in [3.63, 3.8) is 0 Å². The number of hydrazine groups is 1. The summed E-state index contributed by atoms with van der Waals surface area (Å²) < 4.78 is 28.3. The number of nitrogen functional groups attached to an aromatic ring is 1. The fourth-order valence-electron chi connectivity index (χ4n) is 3.53.